The quantitative estimate of drug-likeness (QED) is 0.444. The van der Waals surface area contributed by atoms with Gasteiger partial charge in [-0.1, -0.05) is 45.0 Å². The molecule has 1 heterocycles. The number of carbonyl (C=O) groups excluding carboxylic acids is 1. The number of H-pyrrole nitrogens is 1. The molecule has 1 N–H and O–H groups in total. The van der Waals surface area contributed by atoms with Crippen molar-refractivity contribution in [2.45, 2.75) is 66.7 Å². The van der Waals surface area contributed by atoms with Crippen molar-refractivity contribution < 1.29 is 14.3 Å². The molecule has 0 saturated heterocycles. The molecular weight excluding hydrogens is 472 g/mol. The summed E-state index contributed by atoms with van der Waals surface area (Å²) in [7, 11) is 1.27. The van der Waals surface area contributed by atoms with E-state index in [2.05, 4.69) is 23.8 Å². The van der Waals surface area contributed by atoms with Gasteiger partial charge in [-0.3, -0.25) is 14.3 Å². The van der Waals surface area contributed by atoms with Crippen LogP contribution < -0.4 is 21.7 Å². The summed E-state index contributed by atoms with van der Waals surface area (Å²) in [4.78, 5) is 45.8. The van der Waals surface area contributed by atoms with Crippen LogP contribution in [-0.2, 0) is 22.6 Å². The highest BCUT2D eigenvalue weighted by Gasteiger charge is 2.18. The number of hydrogen-bond donors (Lipinski definition) is 1. The van der Waals surface area contributed by atoms with E-state index in [0.29, 0.717) is 11.6 Å². The van der Waals surface area contributed by atoms with Gasteiger partial charge < -0.3 is 9.47 Å². The van der Waals surface area contributed by atoms with Gasteiger partial charge in [0.2, 0.25) is 5.62 Å². The third kappa shape index (κ3) is 6.87. The zero-order valence-electron chi connectivity index (χ0n) is 22.6. The smallest absolute Gasteiger partial charge is 0.335 e. The van der Waals surface area contributed by atoms with Crippen molar-refractivity contribution in [3.05, 3.63) is 85.7 Å². The van der Waals surface area contributed by atoms with Gasteiger partial charge in [-0.25, -0.2) is 19.1 Å². The summed E-state index contributed by atoms with van der Waals surface area (Å²) in [5, 5.41) is 0. The average molecular weight is 509 g/mol. The molecule has 0 fully saturated rings. The number of esters is 1. The van der Waals surface area contributed by atoms with E-state index in [9.17, 15) is 14.4 Å². The Bertz CT molecular complexity index is 1430. The minimum atomic E-state index is -0.679. The van der Waals surface area contributed by atoms with Gasteiger partial charge in [0, 0.05) is 6.54 Å². The number of hydrogen-bond acceptors (Lipinski definition) is 6. The van der Waals surface area contributed by atoms with Gasteiger partial charge in [0.1, 0.15) is 5.75 Å². The largest absolute Gasteiger partial charge is 0.491 e. The molecule has 2 aromatic carbocycles. The molecule has 1 aromatic heterocycles. The predicted molar refractivity (Wildman–Crippen MR) is 142 cm³/mol. The fraction of sp³-hybridized carbons (Fsp3) is 0.429. The number of aromatic amines is 1. The number of nitrogens with one attached hydrogen (secondary N) is 1. The van der Waals surface area contributed by atoms with E-state index in [1.807, 2.05) is 57.2 Å². The van der Waals surface area contributed by atoms with E-state index in [4.69, 9.17) is 9.47 Å². The maximum atomic E-state index is 13.5. The van der Waals surface area contributed by atoms with E-state index in [1.54, 1.807) is 13.0 Å². The summed E-state index contributed by atoms with van der Waals surface area (Å²) in [6.07, 6.45) is 0.0297. The number of aromatic nitrogens is 3. The van der Waals surface area contributed by atoms with Gasteiger partial charge in [0.05, 0.1) is 31.4 Å². The highest BCUT2D eigenvalue weighted by molar-refractivity contribution is 5.71. The Labute approximate surface area is 216 Å². The molecule has 9 nitrogen and oxygen atoms in total. The normalized spacial score (nSPS) is 12.7. The second-order valence-electron chi connectivity index (χ2n) is 9.78. The van der Waals surface area contributed by atoms with E-state index in [0.717, 1.165) is 21.4 Å². The Kier molecular flexibility index (Phi) is 8.91. The molecule has 37 heavy (non-hydrogen) atoms. The molecular formula is C28H36N4O5. The first kappa shape index (κ1) is 27.7. The minimum absolute atomic E-state index is 0.0297. The van der Waals surface area contributed by atoms with E-state index >= 15 is 0 Å². The number of carbonyl (C=O) groups is 1. The molecule has 1 atom stereocenters. The lowest BCUT2D eigenvalue weighted by atomic mass is 10.0. The van der Waals surface area contributed by atoms with Crippen LogP contribution in [0.1, 0.15) is 57.2 Å². The van der Waals surface area contributed by atoms with Crippen molar-refractivity contribution in [1.29, 1.82) is 0 Å². The van der Waals surface area contributed by atoms with Crippen LogP contribution in [0.25, 0.3) is 0 Å². The Morgan fingerprint density at radius 1 is 1.00 bits per heavy atom. The second kappa shape index (κ2) is 11.9. The van der Waals surface area contributed by atoms with Crippen LogP contribution in [-0.4, -0.2) is 33.3 Å². The van der Waals surface area contributed by atoms with Crippen LogP contribution in [0.5, 0.6) is 5.75 Å². The SMILES string of the molecule is COC(=O)[C@@H](C)Cn1c(=O)[nH]/c(=N\c2ccc(OC(C)C)c(C)c2)n(Cc2ccc(C(C)C)cc2)c1=O. The van der Waals surface area contributed by atoms with Crippen molar-refractivity contribution >= 4 is 11.7 Å². The fourth-order valence-corrected chi connectivity index (χ4v) is 3.90. The van der Waals surface area contributed by atoms with E-state index in [-0.39, 0.29) is 24.8 Å². The number of rotatable bonds is 9. The van der Waals surface area contributed by atoms with Crippen LogP contribution in [0.4, 0.5) is 5.69 Å². The van der Waals surface area contributed by atoms with Crippen molar-refractivity contribution in [2.75, 3.05) is 7.11 Å². The van der Waals surface area contributed by atoms with Gasteiger partial charge in [-0.05, 0) is 61.6 Å². The molecule has 0 unspecified atom stereocenters. The highest BCUT2D eigenvalue weighted by atomic mass is 16.5. The molecule has 3 rings (SSSR count). The molecule has 198 valence electrons. The van der Waals surface area contributed by atoms with Crippen molar-refractivity contribution in [1.82, 2.24) is 14.1 Å². The van der Waals surface area contributed by atoms with Gasteiger partial charge in [0.15, 0.2) is 0 Å². The lowest BCUT2D eigenvalue weighted by molar-refractivity contribution is -0.145. The Morgan fingerprint density at radius 3 is 2.24 bits per heavy atom. The van der Waals surface area contributed by atoms with E-state index in [1.165, 1.54) is 17.2 Å². The molecule has 0 spiro atoms. The highest BCUT2D eigenvalue weighted by Crippen LogP contribution is 2.24. The first-order valence-electron chi connectivity index (χ1n) is 12.4. The molecule has 9 heteroatoms. The molecule has 3 aromatic rings. The second-order valence-corrected chi connectivity index (χ2v) is 9.78. The molecule has 0 aliphatic carbocycles. The summed E-state index contributed by atoms with van der Waals surface area (Å²) >= 11 is 0. The Hall–Kier alpha value is -3.88. The number of nitrogens with zero attached hydrogens (tertiary/aromatic N) is 3. The van der Waals surface area contributed by atoms with Crippen molar-refractivity contribution in [3.8, 4) is 5.75 Å². The third-order valence-electron chi connectivity index (χ3n) is 5.98. The number of methoxy groups -OCH3 is 1. The van der Waals surface area contributed by atoms with Crippen LogP contribution in [0, 0.1) is 12.8 Å². The maximum absolute atomic E-state index is 13.5. The van der Waals surface area contributed by atoms with Gasteiger partial charge >= 0.3 is 17.3 Å². The molecule has 0 amide bonds. The molecule has 0 aliphatic heterocycles. The first-order chi connectivity index (χ1) is 17.5. The summed E-state index contributed by atoms with van der Waals surface area (Å²) in [5.41, 5.74) is 2.40. The van der Waals surface area contributed by atoms with Crippen LogP contribution in [0.3, 0.4) is 0 Å². The van der Waals surface area contributed by atoms with Gasteiger partial charge in [0.25, 0.3) is 0 Å². The minimum Gasteiger partial charge on any atom is -0.491 e. The summed E-state index contributed by atoms with van der Waals surface area (Å²) < 4.78 is 13.0. The number of ether oxygens (including phenoxy) is 2. The van der Waals surface area contributed by atoms with Gasteiger partial charge in [-0.15, -0.1) is 0 Å². The van der Waals surface area contributed by atoms with Gasteiger partial charge in [-0.2, -0.15) is 0 Å². The standard InChI is InChI=1S/C28H36N4O5/c1-17(2)22-10-8-21(9-11-22)16-31-26(29-23-12-13-24(19(5)14-23)37-18(3)4)30-27(34)32(28(31)35)15-20(6)25(33)36-7/h8-14,17-18,20H,15-16H2,1-7H3,(H,29,30,34)/t20-/m0/s1. The number of aryl methyl sites for hydroxylation is 1. The first-order valence-corrected chi connectivity index (χ1v) is 12.4. The molecule has 0 saturated carbocycles. The third-order valence-corrected chi connectivity index (χ3v) is 5.98. The Balaban J connectivity index is 2.14. The van der Waals surface area contributed by atoms with E-state index < -0.39 is 23.3 Å². The molecule has 0 aliphatic rings. The monoisotopic (exact) mass is 508 g/mol. The number of benzene rings is 2. The predicted octanol–water partition coefficient (Wildman–Crippen LogP) is 3.65. The zero-order chi connectivity index (χ0) is 27.3. The van der Waals surface area contributed by atoms with Crippen molar-refractivity contribution in [3.63, 3.8) is 0 Å². The molecule has 0 bridgehead atoms. The summed E-state index contributed by atoms with van der Waals surface area (Å²) in [6.45, 7) is 11.7. The Morgan fingerprint density at radius 2 is 1.68 bits per heavy atom. The van der Waals surface area contributed by atoms with Crippen molar-refractivity contribution in [2.24, 2.45) is 10.9 Å². The average Bonchev–Trinajstić information content (AvgIpc) is 2.85. The fourth-order valence-electron chi connectivity index (χ4n) is 3.90. The lowest BCUT2D eigenvalue weighted by Gasteiger charge is -2.14. The zero-order valence-corrected chi connectivity index (χ0v) is 22.6. The summed E-state index contributed by atoms with van der Waals surface area (Å²) in [5.74, 6) is -0.0624. The van der Waals surface area contributed by atoms with Crippen LogP contribution in [0.2, 0.25) is 0 Å². The topological polar surface area (TPSA) is 108 Å². The van der Waals surface area contributed by atoms with Crippen LogP contribution in [0.15, 0.2) is 57.0 Å². The lowest BCUT2D eigenvalue weighted by Crippen LogP contribution is -2.51. The maximum Gasteiger partial charge on any atom is 0.335 e. The van der Waals surface area contributed by atoms with Crippen LogP contribution >= 0.6 is 0 Å². The molecule has 0 radical (unpaired) electrons. The summed E-state index contributed by atoms with van der Waals surface area (Å²) in [6, 6.07) is 13.4.